The fraction of sp³-hybridized carbons (Fsp3) is 0.375. The van der Waals surface area contributed by atoms with Gasteiger partial charge in [0.2, 0.25) is 0 Å². The van der Waals surface area contributed by atoms with Gasteiger partial charge in [0.1, 0.15) is 5.75 Å². The Morgan fingerprint density at radius 1 is 1.00 bits per heavy atom. The highest BCUT2D eigenvalue weighted by atomic mass is 16.5. The first kappa shape index (κ1) is 13.6. The SMILES string of the molecule is C=CCCCOc1ccccc1CCCC=C. The first-order chi connectivity index (χ1) is 8.38. The van der Waals surface area contributed by atoms with Crippen LogP contribution in [-0.2, 0) is 6.42 Å². The van der Waals surface area contributed by atoms with Gasteiger partial charge in [-0.1, -0.05) is 30.4 Å². The topological polar surface area (TPSA) is 9.23 Å². The monoisotopic (exact) mass is 230 g/mol. The van der Waals surface area contributed by atoms with Crippen molar-refractivity contribution < 1.29 is 4.74 Å². The van der Waals surface area contributed by atoms with Crippen molar-refractivity contribution in [2.45, 2.75) is 32.1 Å². The number of aryl methyl sites for hydroxylation is 1. The van der Waals surface area contributed by atoms with E-state index in [1.165, 1.54) is 5.56 Å². The zero-order chi connectivity index (χ0) is 12.3. The maximum Gasteiger partial charge on any atom is 0.122 e. The van der Waals surface area contributed by atoms with Crippen LogP contribution in [0.3, 0.4) is 0 Å². The minimum atomic E-state index is 0.768. The second-order valence-electron chi connectivity index (χ2n) is 4.07. The number of hydrogen-bond donors (Lipinski definition) is 0. The van der Waals surface area contributed by atoms with E-state index in [1.807, 2.05) is 18.2 Å². The van der Waals surface area contributed by atoms with Crippen LogP contribution in [0.15, 0.2) is 49.6 Å². The molecule has 0 aliphatic rings. The molecule has 0 saturated heterocycles. The summed E-state index contributed by atoms with van der Waals surface area (Å²) in [5.74, 6) is 1.03. The van der Waals surface area contributed by atoms with Gasteiger partial charge in [0.25, 0.3) is 0 Å². The maximum absolute atomic E-state index is 5.80. The molecule has 0 N–H and O–H groups in total. The van der Waals surface area contributed by atoms with Gasteiger partial charge >= 0.3 is 0 Å². The van der Waals surface area contributed by atoms with E-state index in [-0.39, 0.29) is 0 Å². The van der Waals surface area contributed by atoms with E-state index in [1.54, 1.807) is 0 Å². The van der Waals surface area contributed by atoms with Crippen LogP contribution in [0.25, 0.3) is 0 Å². The number of rotatable bonds is 9. The van der Waals surface area contributed by atoms with E-state index in [4.69, 9.17) is 4.74 Å². The molecule has 0 fully saturated rings. The first-order valence-electron chi connectivity index (χ1n) is 6.31. The van der Waals surface area contributed by atoms with Crippen LogP contribution >= 0.6 is 0 Å². The highest BCUT2D eigenvalue weighted by molar-refractivity contribution is 5.33. The molecule has 92 valence electrons. The Balaban J connectivity index is 2.45. The number of benzene rings is 1. The van der Waals surface area contributed by atoms with Crippen LogP contribution in [0.2, 0.25) is 0 Å². The third-order valence-electron chi connectivity index (χ3n) is 2.64. The molecule has 1 rings (SSSR count). The Labute approximate surface area is 105 Å². The Morgan fingerprint density at radius 2 is 1.71 bits per heavy atom. The van der Waals surface area contributed by atoms with Gasteiger partial charge in [-0.15, -0.1) is 13.2 Å². The lowest BCUT2D eigenvalue weighted by Crippen LogP contribution is -1.99. The Morgan fingerprint density at radius 3 is 2.47 bits per heavy atom. The van der Waals surface area contributed by atoms with E-state index in [9.17, 15) is 0 Å². The molecule has 0 spiro atoms. The molecule has 0 unspecified atom stereocenters. The highest BCUT2D eigenvalue weighted by Crippen LogP contribution is 2.20. The largest absolute Gasteiger partial charge is 0.493 e. The van der Waals surface area contributed by atoms with E-state index in [0.717, 1.165) is 44.5 Å². The molecule has 1 aromatic rings. The number of hydrogen-bond acceptors (Lipinski definition) is 1. The van der Waals surface area contributed by atoms with Crippen LogP contribution in [0.1, 0.15) is 31.2 Å². The highest BCUT2D eigenvalue weighted by Gasteiger charge is 2.01. The number of unbranched alkanes of at least 4 members (excludes halogenated alkanes) is 2. The standard InChI is InChI=1S/C16H22O/c1-3-5-7-11-15-12-8-9-13-16(15)17-14-10-6-4-2/h3-4,8-9,12-13H,1-2,5-7,10-11,14H2. The molecule has 17 heavy (non-hydrogen) atoms. The van der Waals surface area contributed by atoms with Crippen molar-refractivity contribution in [2.24, 2.45) is 0 Å². The van der Waals surface area contributed by atoms with Crippen LogP contribution in [0, 0.1) is 0 Å². The molecule has 0 aliphatic carbocycles. The lowest BCUT2D eigenvalue weighted by Gasteiger charge is -2.10. The van der Waals surface area contributed by atoms with Gasteiger partial charge in [0.15, 0.2) is 0 Å². The van der Waals surface area contributed by atoms with E-state index < -0.39 is 0 Å². The van der Waals surface area contributed by atoms with E-state index in [0.29, 0.717) is 0 Å². The van der Waals surface area contributed by atoms with Crippen molar-refractivity contribution in [3.63, 3.8) is 0 Å². The maximum atomic E-state index is 5.80. The normalized spacial score (nSPS) is 9.88. The van der Waals surface area contributed by atoms with Gasteiger partial charge in [-0.05, 0) is 43.7 Å². The van der Waals surface area contributed by atoms with Crippen molar-refractivity contribution in [1.82, 2.24) is 0 Å². The van der Waals surface area contributed by atoms with Crippen LogP contribution < -0.4 is 4.74 Å². The molecule has 0 atom stereocenters. The minimum absolute atomic E-state index is 0.768. The summed E-state index contributed by atoms with van der Waals surface area (Å²) < 4.78 is 5.80. The Hall–Kier alpha value is -1.50. The zero-order valence-electron chi connectivity index (χ0n) is 10.5. The van der Waals surface area contributed by atoms with Gasteiger partial charge in [0.05, 0.1) is 6.61 Å². The molecule has 1 nitrogen and oxygen atoms in total. The molecule has 1 heteroatoms. The fourth-order valence-corrected chi connectivity index (χ4v) is 1.70. The summed E-state index contributed by atoms with van der Waals surface area (Å²) in [6, 6.07) is 8.29. The van der Waals surface area contributed by atoms with Gasteiger partial charge < -0.3 is 4.74 Å². The van der Waals surface area contributed by atoms with Gasteiger partial charge in [-0.25, -0.2) is 0 Å². The van der Waals surface area contributed by atoms with Gasteiger partial charge in [0, 0.05) is 0 Å². The molecular weight excluding hydrogens is 208 g/mol. The Bertz CT molecular complexity index is 341. The van der Waals surface area contributed by atoms with Gasteiger partial charge in [-0.2, -0.15) is 0 Å². The lowest BCUT2D eigenvalue weighted by atomic mass is 10.1. The first-order valence-corrected chi connectivity index (χ1v) is 6.31. The van der Waals surface area contributed by atoms with E-state index in [2.05, 4.69) is 31.4 Å². The number of ether oxygens (including phenoxy) is 1. The smallest absolute Gasteiger partial charge is 0.122 e. The Kier molecular flexibility index (Phi) is 6.89. The lowest BCUT2D eigenvalue weighted by molar-refractivity contribution is 0.309. The molecular formula is C16H22O. The molecule has 0 saturated carbocycles. The summed E-state index contributed by atoms with van der Waals surface area (Å²) in [5, 5.41) is 0. The van der Waals surface area contributed by atoms with Crippen molar-refractivity contribution in [3.05, 3.63) is 55.1 Å². The third kappa shape index (κ3) is 5.39. The van der Waals surface area contributed by atoms with Gasteiger partial charge in [-0.3, -0.25) is 0 Å². The van der Waals surface area contributed by atoms with Crippen molar-refractivity contribution in [1.29, 1.82) is 0 Å². The average Bonchev–Trinajstić information content (AvgIpc) is 2.36. The molecule has 0 bridgehead atoms. The van der Waals surface area contributed by atoms with Crippen LogP contribution in [-0.4, -0.2) is 6.61 Å². The minimum Gasteiger partial charge on any atom is -0.493 e. The molecule has 0 radical (unpaired) electrons. The van der Waals surface area contributed by atoms with Crippen LogP contribution in [0.4, 0.5) is 0 Å². The number of para-hydroxylation sites is 1. The van der Waals surface area contributed by atoms with E-state index >= 15 is 0 Å². The number of allylic oxidation sites excluding steroid dienone is 2. The third-order valence-corrected chi connectivity index (χ3v) is 2.64. The summed E-state index contributed by atoms with van der Waals surface area (Å²) in [5.41, 5.74) is 1.30. The zero-order valence-corrected chi connectivity index (χ0v) is 10.5. The van der Waals surface area contributed by atoms with Crippen molar-refractivity contribution in [3.8, 4) is 5.75 Å². The quantitative estimate of drug-likeness (QED) is 0.447. The van der Waals surface area contributed by atoms with Crippen molar-refractivity contribution >= 4 is 0 Å². The predicted octanol–water partition coefficient (Wildman–Crippen LogP) is 4.54. The fourth-order valence-electron chi connectivity index (χ4n) is 1.70. The molecule has 1 aromatic carbocycles. The predicted molar refractivity (Wildman–Crippen MR) is 74.5 cm³/mol. The molecule has 0 heterocycles. The molecule has 0 amide bonds. The summed E-state index contributed by atoms with van der Waals surface area (Å²) in [6.07, 6.45) is 9.20. The second-order valence-corrected chi connectivity index (χ2v) is 4.07. The second kappa shape index (κ2) is 8.63. The molecule has 0 aliphatic heterocycles. The summed E-state index contributed by atoms with van der Waals surface area (Å²) >= 11 is 0. The summed E-state index contributed by atoms with van der Waals surface area (Å²) in [6.45, 7) is 8.22. The molecule has 0 aromatic heterocycles. The summed E-state index contributed by atoms with van der Waals surface area (Å²) in [7, 11) is 0. The van der Waals surface area contributed by atoms with Crippen molar-refractivity contribution in [2.75, 3.05) is 6.61 Å². The van der Waals surface area contributed by atoms with Crippen LogP contribution in [0.5, 0.6) is 5.75 Å². The summed E-state index contributed by atoms with van der Waals surface area (Å²) in [4.78, 5) is 0. The average molecular weight is 230 g/mol.